The standard InChI is InChI=1S/C15H30N2O/c1-4-14(11(2)3)17-15(18)13-7-5-6-12(10-13)8-9-16/h11-14H,4-10,16H2,1-3H3,(H,17,18). The maximum atomic E-state index is 12.3. The normalized spacial score (nSPS) is 26.1. The minimum Gasteiger partial charge on any atom is -0.353 e. The SMILES string of the molecule is CCC(NC(=O)C1CCCC(CCN)C1)C(C)C. The molecule has 3 unspecified atom stereocenters. The highest BCUT2D eigenvalue weighted by Gasteiger charge is 2.28. The van der Waals surface area contributed by atoms with Crippen LogP contribution in [0.4, 0.5) is 0 Å². The van der Waals surface area contributed by atoms with Gasteiger partial charge in [0, 0.05) is 12.0 Å². The molecule has 0 aromatic heterocycles. The van der Waals surface area contributed by atoms with Crippen LogP contribution in [-0.2, 0) is 4.79 Å². The Hall–Kier alpha value is -0.570. The molecule has 0 bridgehead atoms. The van der Waals surface area contributed by atoms with E-state index >= 15 is 0 Å². The van der Waals surface area contributed by atoms with Crippen molar-refractivity contribution in [2.75, 3.05) is 6.54 Å². The Morgan fingerprint density at radius 3 is 2.67 bits per heavy atom. The van der Waals surface area contributed by atoms with Crippen molar-refractivity contribution in [1.82, 2.24) is 5.32 Å². The molecule has 0 saturated heterocycles. The van der Waals surface area contributed by atoms with Crippen molar-refractivity contribution in [2.24, 2.45) is 23.5 Å². The molecule has 3 heteroatoms. The monoisotopic (exact) mass is 254 g/mol. The van der Waals surface area contributed by atoms with E-state index in [1.165, 1.54) is 12.8 Å². The third kappa shape index (κ3) is 4.60. The zero-order valence-electron chi connectivity index (χ0n) is 12.2. The van der Waals surface area contributed by atoms with E-state index < -0.39 is 0 Å². The number of carbonyl (C=O) groups is 1. The molecule has 1 saturated carbocycles. The lowest BCUT2D eigenvalue weighted by molar-refractivity contribution is -0.127. The summed E-state index contributed by atoms with van der Waals surface area (Å²) in [6.07, 6.45) is 6.62. The number of amides is 1. The van der Waals surface area contributed by atoms with Crippen molar-refractivity contribution in [1.29, 1.82) is 0 Å². The number of hydrogen-bond donors (Lipinski definition) is 2. The lowest BCUT2D eigenvalue weighted by Gasteiger charge is -2.30. The number of rotatable bonds is 6. The summed E-state index contributed by atoms with van der Waals surface area (Å²) in [6.45, 7) is 7.24. The Morgan fingerprint density at radius 1 is 1.39 bits per heavy atom. The van der Waals surface area contributed by atoms with Crippen molar-refractivity contribution in [2.45, 2.75) is 65.3 Å². The molecule has 1 rings (SSSR count). The first-order valence-electron chi connectivity index (χ1n) is 7.58. The molecule has 3 N–H and O–H groups in total. The van der Waals surface area contributed by atoms with Crippen molar-refractivity contribution in [3.63, 3.8) is 0 Å². The maximum Gasteiger partial charge on any atom is 0.223 e. The first-order valence-corrected chi connectivity index (χ1v) is 7.58. The Morgan fingerprint density at radius 2 is 2.11 bits per heavy atom. The summed E-state index contributed by atoms with van der Waals surface area (Å²) in [5.74, 6) is 1.68. The summed E-state index contributed by atoms with van der Waals surface area (Å²) in [5, 5.41) is 3.23. The summed E-state index contributed by atoms with van der Waals surface area (Å²) < 4.78 is 0. The Labute approximate surface area is 112 Å². The molecule has 1 aliphatic rings. The van der Waals surface area contributed by atoms with Gasteiger partial charge in [0.05, 0.1) is 0 Å². The molecular formula is C15H30N2O. The highest BCUT2D eigenvalue weighted by atomic mass is 16.1. The van der Waals surface area contributed by atoms with Crippen LogP contribution in [0.5, 0.6) is 0 Å². The molecule has 18 heavy (non-hydrogen) atoms. The molecule has 0 aromatic rings. The van der Waals surface area contributed by atoms with Crippen LogP contribution in [0.15, 0.2) is 0 Å². The van der Waals surface area contributed by atoms with Gasteiger partial charge in [0.15, 0.2) is 0 Å². The van der Waals surface area contributed by atoms with Gasteiger partial charge >= 0.3 is 0 Å². The second kappa shape index (κ2) is 7.78. The first-order chi connectivity index (χ1) is 8.58. The van der Waals surface area contributed by atoms with Gasteiger partial charge in [0.25, 0.3) is 0 Å². The zero-order chi connectivity index (χ0) is 13.5. The summed E-state index contributed by atoms with van der Waals surface area (Å²) in [5.41, 5.74) is 5.62. The van der Waals surface area contributed by atoms with Crippen LogP contribution in [0.1, 0.15) is 59.3 Å². The van der Waals surface area contributed by atoms with Crippen LogP contribution < -0.4 is 11.1 Å². The average Bonchev–Trinajstić information content (AvgIpc) is 2.36. The van der Waals surface area contributed by atoms with Crippen molar-refractivity contribution in [3.05, 3.63) is 0 Å². The van der Waals surface area contributed by atoms with Gasteiger partial charge in [0.1, 0.15) is 0 Å². The van der Waals surface area contributed by atoms with E-state index in [0.717, 1.165) is 32.2 Å². The van der Waals surface area contributed by atoms with E-state index in [4.69, 9.17) is 5.73 Å². The molecule has 0 heterocycles. The molecule has 1 aliphatic carbocycles. The molecule has 0 radical (unpaired) electrons. The van der Waals surface area contributed by atoms with Crippen LogP contribution in [0, 0.1) is 17.8 Å². The molecule has 1 amide bonds. The smallest absolute Gasteiger partial charge is 0.223 e. The van der Waals surface area contributed by atoms with Crippen LogP contribution in [0.25, 0.3) is 0 Å². The van der Waals surface area contributed by atoms with Crippen LogP contribution >= 0.6 is 0 Å². The summed E-state index contributed by atoms with van der Waals surface area (Å²) in [4.78, 5) is 12.3. The van der Waals surface area contributed by atoms with E-state index in [-0.39, 0.29) is 11.8 Å². The van der Waals surface area contributed by atoms with E-state index in [0.29, 0.717) is 17.9 Å². The average molecular weight is 254 g/mol. The van der Waals surface area contributed by atoms with Gasteiger partial charge < -0.3 is 11.1 Å². The topological polar surface area (TPSA) is 55.1 Å². The van der Waals surface area contributed by atoms with Crippen molar-refractivity contribution < 1.29 is 4.79 Å². The second-order valence-corrected chi connectivity index (χ2v) is 6.07. The van der Waals surface area contributed by atoms with Crippen molar-refractivity contribution in [3.8, 4) is 0 Å². The fourth-order valence-corrected chi connectivity index (χ4v) is 3.07. The van der Waals surface area contributed by atoms with Gasteiger partial charge in [-0.15, -0.1) is 0 Å². The van der Waals surface area contributed by atoms with Crippen LogP contribution in [-0.4, -0.2) is 18.5 Å². The second-order valence-electron chi connectivity index (χ2n) is 6.07. The predicted octanol–water partition coefficient (Wildman–Crippen LogP) is 2.69. The van der Waals surface area contributed by atoms with Gasteiger partial charge in [-0.05, 0) is 44.1 Å². The zero-order valence-corrected chi connectivity index (χ0v) is 12.2. The molecular weight excluding hydrogens is 224 g/mol. The van der Waals surface area contributed by atoms with E-state index in [2.05, 4.69) is 26.1 Å². The number of hydrogen-bond acceptors (Lipinski definition) is 2. The third-order valence-electron chi connectivity index (χ3n) is 4.30. The van der Waals surface area contributed by atoms with E-state index in [9.17, 15) is 4.79 Å². The Kier molecular flexibility index (Phi) is 6.69. The summed E-state index contributed by atoms with van der Waals surface area (Å²) in [6, 6.07) is 0.326. The number of nitrogens with one attached hydrogen (secondary N) is 1. The van der Waals surface area contributed by atoms with Crippen LogP contribution in [0.2, 0.25) is 0 Å². The molecule has 3 atom stereocenters. The molecule has 3 nitrogen and oxygen atoms in total. The van der Waals surface area contributed by atoms with Gasteiger partial charge in [-0.25, -0.2) is 0 Å². The highest BCUT2D eigenvalue weighted by Crippen LogP contribution is 2.31. The molecule has 0 spiro atoms. The largest absolute Gasteiger partial charge is 0.353 e. The highest BCUT2D eigenvalue weighted by molar-refractivity contribution is 5.79. The molecule has 106 valence electrons. The van der Waals surface area contributed by atoms with Crippen LogP contribution in [0.3, 0.4) is 0 Å². The Balaban J connectivity index is 2.45. The fraction of sp³-hybridized carbons (Fsp3) is 0.933. The van der Waals surface area contributed by atoms with Crippen molar-refractivity contribution >= 4 is 5.91 Å². The quantitative estimate of drug-likeness (QED) is 0.765. The Bertz CT molecular complexity index is 251. The van der Waals surface area contributed by atoms with E-state index in [1.54, 1.807) is 0 Å². The maximum absolute atomic E-state index is 12.3. The molecule has 1 fully saturated rings. The number of nitrogens with two attached hydrogens (primary N) is 1. The fourth-order valence-electron chi connectivity index (χ4n) is 3.07. The minimum absolute atomic E-state index is 0.225. The summed E-state index contributed by atoms with van der Waals surface area (Å²) in [7, 11) is 0. The first kappa shape index (κ1) is 15.5. The summed E-state index contributed by atoms with van der Waals surface area (Å²) >= 11 is 0. The third-order valence-corrected chi connectivity index (χ3v) is 4.30. The molecule has 0 aliphatic heterocycles. The number of carbonyl (C=O) groups excluding carboxylic acids is 1. The van der Waals surface area contributed by atoms with Gasteiger partial charge in [-0.2, -0.15) is 0 Å². The van der Waals surface area contributed by atoms with Gasteiger partial charge in [-0.3, -0.25) is 4.79 Å². The predicted molar refractivity (Wildman–Crippen MR) is 76.2 cm³/mol. The van der Waals surface area contributed by atoms with Gasteiger partial charge in [-0.1, -0.05) is 33.6 Å². The molecule has 0 aromatic carbocycles. The minimum atomic E-state index is 0.225. The lowest BCUT2D eigenvalue weighted by Crippen LogP contribution is -2.42. The van der Waals surface area contributed by atoms with E-state index in [1.807, 2.05) is 0 Å². The lowest BCUT2D eigenvalue weighted by atomic mass is 9.79. The van der Waals surface area contributed by atoms with Gasteiger partial charge in [0.2, 0.25) is 5.91 Å².